The molecule has 0 aliphatic heterocycles. The largest absolute Gasteiger partial charge is 0.478 e. The zero-order valence-electron chi connectivity index (χ0n) is 18.3. The summed E-state index contributed by atoms with van der Waals surface area (Å²) in [7, 11) is 0. The van der Waals surface area contributed by atoms with Crippen molar-refractivity contribution in [2.24, 2.45) is 28.6 Å². The Morgan fingerprint density at radius 2 is 1.84 bits per heavy atom. The van der Waals surface area contributed by atoms with Gasteiger partial charge in [-0.25, -0.2) is 18.0 Å². The van der Waals surface area contributed by atoms with E-state index in [4.69, 9.17) is 4.74 Å². The molecule has 0 heterocycles. The number of aliphatic hydroxyl groups is 1. The van der Waals surface area contributed by atoms with Gasteiger partial charge in [0.15, 0.2) is 11.5 Å². The summed E-state index contributed by atoms with van der Waals surface area (Å²) in [6, 6.07) is 0. The summed E-state index contributed by atoms with van der Waals surface area (Å²) >= 11 is 0. The molecule has 0 saturated heterocycles. The monoisotopic (exact) mass is 456 g/mol. The standard InChI is InChI=1S/C23H27F3O6/c1-10-7-12-13-8-14(24)17-18(25)15(28)5-6-20(17,3)22(13,26)16(29)9-21(12,4)23(10,19(30)31)32-11(2)27/h5-6,10,12-14,16,29H,7-9H2,1-4H3,(H,30,31)/t10-,12-,13-,14-,16-,20-,21-,22-,23-/m0/s1. The zero-order valence-corrected chi connectivity index (χ0v) is 18.3. The number of hydrogen-bond donors (Lipinski definition) is 2. The van der Waals surface area contributed by atoms with E-state index in [2.05, 4.69) is 0 Å². The van der Waals surface area contributed by atoms with E-state index >= 15 is 8.78 Å². The normalized spacial score (nSPS) is 49.9. The third-order valence-electron chi connectivity index (χ3n) is 8.87. The highest BCUT2D eigenvalue weighted by Crippen LogP contribution is 2.71. The fraction of sp³-hybridized carbons (Fsp3) is 0.696. The Bertz CT molecular complexity index is 977. The van der Waals surface area contributed by atoms with Gasteiger partial charge >= 0.3 is 11.9 Å². The van der Waals surface area contributed by atoms with E-state index in [1.807, 2.05) is 0 Å². The Labute approximate surface area is 183 Å². The molecule has 0 aromatic carbocycles. The van der Waals surface area contributed by atoms with Crippen LogP contribution in [0.3, 0.4) is 0 Å². The molecule has 32 heavy (non-hydrogen) atoms. The summed E-state index contributed by atoms with van der Waals surface area (Å²) < 4.78 is 52.5. The van der Waals surface area contributed by atoms with E-state index in [0.717, 1.165) is 19.1 Å². The molecular formula is C23H27F3O6. The van der Waals surface area contributed by atoms with Gasteiger partial charge in [-0.3, -0.25) is 9.59 Å². The molecular weight excluding hydrogens is 429 g/mol. The Morgan fingerprint density at radius 1 is 1.22 bits per heavy atom. The van der Waals surface area contributed by atoms with Crippen molar-refractivity contribution >= 4 is 17.7 Å². The van der Waals surface area contributed by atoms with E-state index in [1.54, 1.807) is 6.92 Å². The third kappa shape index (κ3) is 2.38. The smallest absolute Gasteiger partial charge is 0.349 e. The van der Waals surface area contributed by atoms with Gasteiger partial charge in [-0.15, -0.1) is 0 Å². The highest BCUT2D eigenvalue weighted by atomic mass is 19.2. The van der Waals surface area contributed by atoms with Crippen molar-refractivity contribution in [3.05, 3.63) is 23.6 Å². The van der Waals surface area contributed by atoms with E-state index < -0.39 is 94.1 Å². The van der Waals surface area contributed by atoms with Gasteiger partial charge in [0, 0.05) is 35.2 Å². The van der Waals surface area contributed by atoms with Crippen LogP contribution >= 0.6 is 0 Å². The number of hydrogen-bond acceptors (Lipinski definition) is 5. The van der Waals surface area contributed by atoms with Gasteiger partial charge in [0.25, 0.3) is 0 Å². The first-order chi connectivity index (χ1) is 14.7. The maximum Gasteiger partial charge on any atom is 0.349 e. The van der Waals surface area contributed by atoms with Crippen molar-refractivity contribution < 1.29 is 42.5 Å². The topological polar surface area (TPSA) is 101 Å². The average molecular weight is 456 g/mol. The maximum absolute atomic E-state index is 17.0. The Balaban J connectivity index is 1.91. The van der Waals surface area contributed by atoms with Gasteiger partial charge in [0.1, 0.15) is 6.17 Å². The van der Waals surface area contributed by atoms with Crippen LogP contribution in [0.2, 0.25) is 0 Å². The van der Waals surface area contributed by atoms with Crippen molar-refractivity contribution in [3.63, 3.8) is 0 Å². The second kappa shape index (κ2) is 6.68. The second-order valence-electron chi connectivity index (χ2n) is 10.2. The maximum atomic E-state index is 17.0. The van der Waals surface area contributed by atoms with Crippen molar-refractivity contribution in [3.8, 4) is 0 Å². The molecule has 9 atom stereocenters. The molecule has 0 aromatic heterocycles. The number of carboxylic acid groups (broad SMARTS) is 1. The highest BCUT2D eigenvalue weighted by Gasteiger charge is 2.78. The molecule has 0 aromatic rings. The SMILES string of the molecule is CC(=O)O[C@]1(C(=O)O)[C@@H](C)C[C@H]2[C@@H]3C[C@H](F)C4=C(F)C(=O)C=C[C@]4(C)[C@@]3(F)[C@@H](O)C[C@@]21C. The molecule has 4 aliphatic rings. The first kappa shape index (κ1) is 23.0. The number of ketones is 1. The van der Waals surface area contributed by atoms with Crippen LogP contribution in [-0.4, -0.2) is 51.5 Å². The van der Waals surface area contributed by atoms with Crippen LogP contribution in [0.15, 0.2) is 23.6 Å². The van der Waals surface area contributed by atoms with Crippen molar-refractivity contribution in [1.82, 2.24) is 0 Å². The molecule has 176 valence electrons. The number of carbonyl (C=O) groups is 3. The lowest BCUT2D eigenvalue weighted by Gasteiger charge is -2.62. The number of allylic oxidation sites excluding steroid dienone is 4. The minimum absolute atomic E-state index is 0.117. The van der Waals surface area contributed by atoms with E-state index in [1.165, 1.54) is 13.8 Å². The molecule has 0 spiro atoms. The van der Waals surface area contributed by atoms with Gasteiger partial charge in [0.05, 0.1) is 6.10 Å². The Hall–Kier alpha value is -2.16. The Morgan fingerprint density at radius 3 is 2.41 bits per heavy atom. The molecule has 0 amide bonds. The van der Waals surface area contributed by atoms with Crippen LogP contribution in [0, 0.1) is 28.6 Å². The van der Waals surface area contributed by atoms with Crippen molar-refractivity contribution in [2.45, 2.75) is 70.5 Å². The number of carboxylic acids is 1. The number of esters is 1. The van der Waals surface area contributed by atoms with Gasteiger partial charge in [-0.05, 0) is 38.2 Å². The van der Waals surface area contributed by atoms with Gasteiger partial charge in [0.2, 0.25) is 11.4 Å². The molecule has 3 fully saturated rings. The van der Waals surface area contributed by atoms with Gasteiger partial charge in [-0.2, -0.15) is 0 Å². The first-order valence-corrected chi connectivity index (χ1v) is 10.8. The summed E-state index contributed by atoms with van der Waals surface area (Å²) in [4.78, 5) is 36.2. The van der Waals surface area contributed by atoms with E-state index in [9.17, 15) is 29.0 Å². The number of aliphatic carboxylic acids is 1. The minimum atomic E-state index is -2.55. The average Bonchev–Trinajstić information content (AvgIpc) is 2.89. The molecule has 0 bridgehead atoms. The number of aliphatic hydroxyl groups excluding tert-OH is 1. The fourth-order valence-electron chi connectivity index (χ4n) is 7.56. The summed E-state index contributed by atoms with van der Waals surface area (Å²) in [6.07, 6.45) is -2.62. The van der Waals surface area contributed by atoms with Crippen LogP contribution in [0.4, 0.5) is 13.2 Å². The number of rotatable bonds is 2. The number of alkyl halides is 2. The lowest BCUT2D eigenvalue weighted by molar-refractivity contribution is -0.236. The summed E-state index contributed by atoms with van der Waals surface area (Å²) in [6.45, 7) is 5.46. The predicted octanol–water partition coefficient (Wildman–Crippen LogP) is 3.23. The summed E-state index contributed by atoms with van der Waals surface area (Å²) in [5.74, 6) is -7.33. The van der Waals surface area contributed by atoms with Crippen LogP contribution in [0.1, 0.15) is 47.0 Å². The molecule has 6 nitrogen and oxygen atoms in total. The number of ether oxygens (including phenoxy) is 1. The number of halogens is 3. The predicted molar refractivity (Wildman–Crippen MR) is 105 cm³/mol. The lowest BCUT2D eigenvalue weighted by atomic mass is 9.44. The zero-order chi connectivity index (χ0) is 24.0. The van der Waals surface area contributed by atoms with Crippen molar-refractivity contribution in [2.75, 3.05) is 0 Å². The van der Waals surface area contributed by atoms with E-state index in [0.29, 0.717) is 0 Å². The third-order valence-corrected chi connectivity index (χ3v) is 8.87. The van der Waals surface area contributed by atoms with Crippen LogP contribution in [0.25, 0.3) is 0 Å². The van der Waals surface area contributed by atoms with Crippen molar-refractivity contribution in [1.29, 1.82) is 0 Å². The van der Waals surface area contributed by atoms with E-state index in [-0.39, 0.29) is 6.42 Å². The first-order valence-electron chi connectivity index (χ1n) is 10.8. The van der Waals surface area contributed by atoms with Gasteiger partial charge < -0.3 is 14.9 Å². The highest BCUT2D eigenvalue weighted by molar-refractivity contribution is 6.04. The minimum Gasteiger partial charge on any atom is -0.478 e. The van der Waals surface area contributed by atoms with Crippen LogP contribution in [0.5, 0.6) is 0 Å². The second-order valence-corrected chi connectivity index (χ2v) is 10.2. The molecule has 4 aliphatic carbocycles. The molecule has 4 rings (SSSR count). The molecule has 9 heteroatoms. The lowest BCUT2D eigenvalue weighted by Crippen LogP contribution is -2.71. The molecule has 0 radical (unpaired) electrons. The quantitative estimate of drug-likeness (QED) is 0.619. The van der Waals surface area contributed by atoms with Crippen LogP contribution < -0.4 is 0 Å². The number of carbonyl (C=O) groups excluding carboxylic acids is 2. The van der Waals surface area contributed by atoms with Gasteiger partial charge in [-0.1, -0.05) is 19.9 Å². The Kier molecular flexibility index (Phi) is 4.81. The fourth-order valence-corrected chi connectivity index (χ4v) is 7.56. The molecule has 0 unspecified atom stereocenters. The van der Waals surface area contributed by atoms with Crippen LogP contribution in [-0.2, 0) is 19.1 Å². The molecule has 2 N–H and O–H groups in total. The summed E-state index contributed by atoms with van der Waals surface area (Å²) in [5.41, 5.74) is -8.50. The summed E-state index contributed by atoms with van der Waals surface area (Å²) in [5, 5.41) is 21.3. The number of fused-ring (bicyclic) bond motifs is 5. The molecule has 3 saturated carbocycles.